The first-order chi connectivity index (χ1) is 12.2. The summed E-state index contributed by atoms with van der Waals surface area (Å²) in [6.45, 7) is 2.46. The van der Waals surface area contributed by atoms with Crippen molar-refractivity contribution in [2.24, 2.45) is 7.05 Å². The Morgan fingerprint density at radius 1 is 1.23 bits per heavy atom. The zero-order valence-corrected chi connectivity index (χ0v) is 15.2. The Morgan fingerprint density at radius 3 is 2.42 bits per heavy atom. The van der Waals surface area contributed by atoms with Gasteiger partial charge in [0.05, 0.1) is 6.10 Å². The standard InChI is InChI=1S/C16H22ClF3N4O2/c1-22-13(12(17)14(21-22)16(18,19)20)15(26)23-7-4-10(5-8-23)24-6-2-3-11(25)9-24/h10-11,25H,2-9H2,1H3/t11-/m0/s1. The molecule has 1 amide bonds. The van der Waals surface area contributed by atoms with Gasteiger partial charge in [-0.25, -0.2) is 0 Å². The summed E-state index contributed by atoms with van der Waals surface area (Å²) in [6.07, 6.45) is -1.80. The van der Waals surface area contributed by atoms with Crippen LogP contribution < -0.4 is 0 Å². The molecule has 3 heterocycles. The van der Waals surface area contributed by atoms with E-state index in [1.807, 2.05) is 0 Å². The van der Waals surface area contributed by atoms with Gasteiger partial charge in [0, 0.05) is 32.7 Å². The minimum atomic E-state index is -4.70. The molecule has 1 N–H and O–H groups in total. The Balaban J connectivity index is 1.67. The van der Waals surface area contributed by atoms with Crippen LogP contribution in [-0.2, 0) is 13.2 Å². The third-order valence-electron chi connectivity index (χ3n) is 5.16. The number of alkyl halides is 3. The van der Waals surface area contributed by atoms with Gasteiger partial charge in [0.25, 0.3) is 5.91 Å². The van der Waals surface area contributed by atoms with Gasteiger partial charge < -0.3 is 10.0 Å². The van der Waals surface area contributed by atoms with Gasteiger partial charge in [0.2, 0.25) is 0 Å². The van der Waals surface area contributed by atoms with Gasteiger partial charge in [-0.1, -0.05) is 11.6 Å². The van der Waals surface area contributed by atoms with Crippen LogP contribution >= 0.6 is 11.6 Å². The lowest BCUT2D eigenvalue weighted by molar-refractivity contribution is -0.141. The molecule has 2 aliphatic rings. The summed E-state index contributed by atoms with van der Waals surface area (Å²) in [6, 6.07) is 0.279. The normalized spacial score (nSPS) is 23.5. The summed E-state index contributed by atoms with van der Waals surface area (Å²) >= 11 is 5.81. The number of aliphatic hydroxyl groups is 1. The Bertz CT molecular complexity index is 671. The molecule has 146 valence electrons. The third kappa shape index (κ3) is 3.84. The summed E-state index contributed by atoms with van der Waals surface area (Å²) in [7, 11) is 1.29. The number of carbonyl (C=O) groups is 1. The topological polar surface area (TPSA) is 61.6 Å². The van der Waals surface area contributed by atoms with Crippen LogP contribution in [0.15, 0.2) is 0 Å². The zero-order valence-electron chi connectivity index (χ0n) is 14.5. The van der Waals surface area contributed by atoms with Gasteiger partial charge in [-0.05, 0) is 32.2 Å². The fraction of sp³-hybridized carbons (Fsp3) is 0.750. The molecule has 1 atom stereocenters. The molecule has 2 saturated heterocycles. The molecular weight excluding hydrogens is 373 g/mol. The third-order valence-corrected chi connectivity index (χ3v) is 5.51. The highest BCUT2D eigenvalue weighted by Crippen LogP contribution is 2.36. The maximum absolute atomic E-state index is 12.9. The van der Waals surface area contributed by atoms with Crippen LogP contribution in [0.25, 0.3) is 0 Å². The minimum Gasteiger partial charge on any atom is -0.392 e. The molecule has 0 aliphatic carbocycles. The smallest absolute Gasteiger partial charge is 0.392 e. The number of halogens is 4. The molecule has 10 heteroatoms. The molecule has 0 spiro atoms. The molecule has 3 rings (SSSR count). The van der Waals surface area contributed by atoms with Crippen molar-refractivity contribution in [3.05, 3.63) is 16.4 Å². The first kappa shape index (κ1) is 19.4. The van der Waals surface area contributed by atoms with Crippen molar-refractivity contribution in [2.45, 2.75) is 44.0 Å². The van der Waals surface area contributed by atoms with E-state index in [1.165, 1.54) is 11.9 Å². The highest BCUT2D eigenvalue weighted by Gasteiger charge is 2.41. The second-order valence-corrected chi connectivity index (χ2v) is 7.32. The van der Waals surface area contributed by atoms with E-state index < -0.39 is 22.8 Å². The van der Waals surface area contributed by atoms with Crippen LogP contribution in [0.5, 0.6) is 0 Å². The lowest BCUT2D eigenvalue weighted by Gasteiger charge is -2.41. The lowest BCUT2D eigenvalue weighted by Crippen LogP contribution is -2.50. The second-order valence-electron chi connectivity index (χ2n) is 6.95. The van der Waals surface area contributed by atoms with Gasteiger partial charge >= 0.3 is 6.18 Å². The molecule has 26 heavy (non-hydrogen) atoms. The molecule has 0 bridgehead atoms. The number of rotatable bonds is 2. The number of aromatic nitrogens is 2. The van der Waals surface area contributed by atoms with E-state index in [0.717, 1.165) is 36.9 Å². The average molecular weight is 395 g/mol. The summed E-state index contributed by atoms with van der Waals surface area (Å²) in [4.78, 5) is 16.4. The molecule has 1 aromatic rings. The Morgan fingerprint density at radius 2 is 1.88 bits per heavy atom. The summed E-state index contributed by atoms with van der Waals surface area (Å²) in [5.41, 5.74) is -1.46. The molecule has 0 radical (unpaired) electrons. The van der Waals surface area contributed by atoms with Crippen LogP contribution in [0.2, 0.25) is 5.02 Å². The van der Waals surface area contributed by atoms with Crippen LogP contribution in [0.1, 0.15) is 41.9 Å². The second kappa shape index (κ2) is 7.36. The summed E-state index contributed by atoms with van der Waals surface area (Å²) in [5, 5.41) is 12.5. The van der Waals surface area contributed by atoms with E-state index in [9.17, 15) is 23.1 Å². The van der Waals surface area contributed by atoms with Crippen molar-refractivity contribution >= 4 is 17.5 Å². The maximum atomic E-state index is 12.9. The van der Waals surface area contributed by atoms with Gasteiger partial charge in [0.15, 0.2) is 5.69 Å². The summed E-state index contributed by atoms with van der Waals surface area (Å²) in [5.74, 6) is -0.530. The average Bonchev–Trinajstić information content (AvgIpc) is 2.89. The summed E-state index contributed by atoms with van der Waals surface area (Å²) < 4.78 is 39.7. The lowest BCUT2D eigenvalue weighted by atomic mass is 9.99. The van der Waals surface area contributed by atoms with E-state index in [0.29, 0.717) is 19.6 Å². The fourth-order valence-electron chi connectivity index (χ4n) is 3.81. The number of nitrogens with zero attached hydrogens (tertiary/aromatic N) is 4. The number of hydrogen-bond donors (Lipinski definition) is 1. The van der Waals surface area contributed by atoms with Crippen LogP contribution in [0.3, 0.4) is 0 Å². The number of aliphatic hydroxyl groups excluding tert-OH is 1. The monoisotopic (exact) mass is 394 g/mol. The predicted molar refractivity (Wildman–Crippen MR) is 89.0 cm³/mol. The SMILES string of the molecule is Cn1nc(C(F)(F)F)c(Cl)c1C(=O)N1CCC(N2CCC[C@H](O)C2)CC1. The van der Waals surface area contributed by atoms with E-state index in [-0.39, 0.29) is 17.8 Å². The van der Waals surface area contributed by atoms with Crippen molar-refractivity contribution in [3.63, 3.8) is 0 Å². The maximum Gasteiger partial charge on any atom is 0.436 e. The van der Waals surface area contributed by atoms with Crippen molar-refractivity contribution in [1.82, 2.24) is 19.6 Å². The van der Waals surface area contributed by atoms with E-state index >= 15 is 0 Å². The number of carbonyl (C=O) groups excluding carboxylic acids is 1. The van der Waals surface area contributed by atoms with Crippen molar-refractivity contribution in [2.75, 3.05) is 26.2 Å². The highest BCUT2D eigenvalue weighted by atomic mass is 35.5. The number of aryl methyl sites for hydroxylation is 1. The first-order valence-corrected chi connectivity index (χ1v) is 9.07. The number of likely N-dealkylation sites (tertiary alicyclic amines) is 2. The molecular formula is C16H22ClF3N4O2. The molecule has 2 aliphatic heterocycles. The molecule has 0 unspecified atom stereocenters. The Kier molecular flexibility index (Phi) is 5.50. The number of β-amino-alcohol motifs (C(OH)–C–C–N with tert-alkyl or cyclic N) is 1. The van der Waals surface area contributed by atoms with Gasteiger partial charge in [-0.15, -0.1) is 0 Å². The highest BCUT2D eigenvalue weighted by molar-refractivity contribution is 6.34. The fourth-order valence-corrected chi connectivity index (χ4v) is 4.16. The van der Waals surface area contributed by atoms with Crippen molar-refractivity contribution in [1.29, 1.82) is 0 Å². The molecule has 1 aromatic heterocycles. The van der Waals surface area contributed by atoms with Gasteiger partial charge in [-0.2, -0.15) is 18.3 Å². The number of amides is 1. The van der Waals surface area contributed by atoms with E-state index in [2.05, 4.69) is 10.00 Å². The Hall–Kier alpha value is -1.32. The molecule has 0 aromatic carbocycles. The molecule has 2 fully saturated rings. The predicted octanol–water partition coefficient (Wildman–Crippen LogP) is 2.15. The van der Waals surface area contributed by atoms with Crippen molar-refractivity contribution < 1.29 is 23.1 Å². The van der Waals surface area contributed by atoms with Crippen molar-refractivity contribution in [3.8, 4) is 0 Å². The Labute approximate surface area is 154 Å². The van der Waals surface area contributed by atoms with Crippen LogP contribution in [0.4, 0.5) is 13.2 Å². The molecule has 0 saturated carbocycles. The van der Waals surface area contributed by atoms with Crippen LogP contribution in [-0.4, -0.2) is 68.9 Å². The van der Waals surface area contributed by atoms with Gasteiger partial charge in [0.1, 0.15) is 10.7 Å². The van der Waals surface area contributed by atoms with E-state index in [1.54, 1.807) is 0 Å². The zero-order chi connectivity index (χ0) is 19.1. The quantitative estimate of drug-likeness (QED) is 0.835. The number of piperidine rings is 2. The number of hydrogen-bond acceptors (Lipinski definition) is 4. The first-order valence-electron chi connectivity index (χ1n) is 8.69. The largest absolute Gasteiger partial charge is 0.436 e. The van der Waals surface area contributed by atoms with E-state index in [4.69, 9.17) is 11.6 Å². The van der Waals surface area contributed by atoms with Gasteiger partial charge in [-0.3, -0.25) is 14.4 Å². The van der Waals surface area contributed by atoms with Crippen LogP contribution in [0, 0.1) is 0 Å². The molecule has 6 nitrogen and oxygen atoms in total. The minimum absolute atomic E-state index is 0.231.